The maximum Gasteiger partial charge on any atom is 0.251 e. The maximum absolute atomic E-state index is 13.0. The first-order valence-corrected chi connectivity index (χ1v) is 13.2. The van der Waals surface area contributed by atoms with Crippen molar-refractivity contribution in [2.24, 2.45) is 11.8 Å². The zero-order valence-corrected chi connectivity index (χ0v) is 20.9. The Balaban J connectivity index is 1.10. The number of nitrogens with zero attached hydrogens (tertiary/aromatic N) is 2. The standard InChI is InChI=1S/C30H36N4O/c1-20-28-16-24-9-10-25(15-27(24)30(20,2)12-14-34(28)19-22-3-4-22)29(35)31-13-11-21-5-7-23(8-6-21)26-17-32-33-18-26/h5-10,15,17-18,20,22,28H,3-4,11-14,16,19H2,1-2H3,(H,31,35)(H,32,33)/t20?,28-,30-/m1/s1. The van der Waals surface area contributed by atoms with E-state index >= 15 is 0 Å². The van der Waals surface area contributed by atoms with E-state index in [4.69, 9.17) is 0 Å². The number of carbonyl (C=O) groups is 1. The van der Waals surface area contributed by atoms with Gasteiger partial charge < -0.3 is 5.32 Å². The Hall–Kier alpha value is -2.92. The summed E-state index contributed by atoms with van der Waals surface area (Å²) in [6.07, 6.45) is 9.68. The molecule has 3 aliphatic rings. The molecule has 1 aliphatic heterocycles. The molecule has 3 aromatic rings. The van der Waals surface area contributed by atoms with Gasteiger partial charge in [-0.15, -0.1) is 0 Å². The van der Waals surface area contributed by atoms with Gasteiger partial charge in [-0.3, -0.25) is 14.8 Å². The van der Waals surface area contributed by atoms with E-state index in [1.807, 2.05) is 18.5 Å². The molecule has 182 valence electrons. The van der Waals surface area contributed by atoms with Crippen LogP contribution in [-0.4, -0.2) is 46.7 Å². The lowest BCUT2D eigenvalue weighted by molar-refractivity contribution is 0.0284. The van der Waals surface area contributed by atoms with Gasteiger partial charge >= 0.3 is 0 Å². The number of hydrogen-bond donors (Lipinski definition) is 2. The molecule has 2 bridgehead atoms. The van der Waals surface area contributed by atoms with Gasteiger partial charge in [-0.05, 0) is 90.3 Å². The quantitative estimate of drug-likeness (QED) is 0.514. The molecule has 3 atom stereocenters. The van der Waals surface area contributed by atoms with Crippen LogP contribution in [0.3, 0.4) is 0 Å². The SMILES string of the molecule is CC1[C@H]2Cc3ccc(C(=O)NCCc4ccc(-c5cn[nH]c5)cc4)cc3[C@]1(C)CCN2CC1CC1. The van der Waals surface area contributed by atoms with E-state index in [0.29, 0.717) is 18.5 Å². The third-order valence-corrected chi connectivity index (χ3v) is 9.06. The molecule has 35 heavy (non-hydrogen) atoms. The monoisotopic (exact) mass is 468 g/mol. The fourth-order valence-corrected chi connectivity index (χ4v) is 6.40. The molecule has 5 heteroatoms. The fourth-order valence-electron chi connectivity index (χ4n) is 6.40. The van der Waals surface area contributed by atoms with E-state index in [1.54, 1.807) is 0 Å². The first-order valence-electron chi connectivity index (χ1n) is 13.2. The molecule has 1 saturated carbocycles. The molecule has 1 aromatic heterocycles. The summed E-state index contributed by atoms with van der Waals surface area (Å²) in [6, 6.07) is 15.6. The van der Waals surface area contributed by atoms with Crippen molar-refractivity contribution in [2.45, 2.75) is 57.4 Å². The average molecular weight is 469 g/mol. The second-order valence-corrected chi connectivity index (χ2v) is 11.2. The van der Waals surface area contributed by atoms with E-state index in [-0.39, 0.29) is 11.3 Å². The van der Waals surface area contributed by atoms with Crippen molar-refractivity contribution in [1.29, 1.82) is 0 Å². The normalized spacial score (nSPS) is 25.8. The van der Waals surface area contributed by atoms with Crippen LogP contribution < -0.4 is 5.32 Å². The van der Waals surface area contributed by atoms with Crippen molar-refractivity contribution < 1.29 is 4.79 Å². The highest BCUT2D eigenvalue weighted by atomic mass is 16.1. The Morgan fingerprint density at radius 2 is 2.00 bits per heavy atom. The lowest BCUT2D eigenvalue weighted by atomic mass is 9.59. The van der Waals surface area contributed by atoms with Crippen LogP contribution in [0.15, 0.2) is 54.9 Å². The number of hydrogen-bond acceptors (Lipinski definition) is 3. The second kappa shape index (κ2) is 8.94. The molecule has 5 nitrogen and oxygen atoms in total. The number of aromatic nitrogens is 2. The van der Waals surface area contributed by atoms with Crippen LogP contribution in [0.4, 0.5) is 0 Å². The molecule has 1 unspecified atom stereocenters. The summed E-state index contributed by atoms with van der Waals surface area (Å²) in [5.74, 6) is 1.59. The lowest BCUT2D eigenvalue weighted by Gasteiger charge is -2.55. The largest absolute Gasteiger partial charge is 0.352 e. The Morgan fingerprint density at radius 3 is 2.74 bits per heavy atom. The number of likely N-dealkylation sites (tertiary alicyclic amines) is 1. The summed E-state index contributed by atoms with van der Waals surface area (Å²) in [6.45, 7) is 7.99. The first kappa shape index (κ1) is 22.5. The van der Waals surface area contributed by atoms with Crippen molar-refractivity contribution in [3.63, 3.8) is 0 Å². The topological polar surface area (TPSA) is 61.0 Å². The van der Waals surface area contributed by atoms with Gasteiger partial charge in [-0.25, -0.2) is 0 Å². The molecule has 0 spiro atoms. The van der Waals surface area contributed by atoms with Gasteiger partial charge in [0.15, 0.2) is 0 Å². The predicted molar refractivity (Wildman–Crippen MR) is 139 cm³/mol. The highest BCUT2D eigenvalue weighted by Crippen LogP contribution is 2.49. The van der Waals surface area contributed by atoms with Gasteiger partial charge in [0.25, 0.3) is 5.91 Å². The zero-order chi connectivity index (χ0) is 24.0. The van der Waals surface area contributed by atoms with Gasteiger partial charge in [-0.2, -0.15) is 5.10 Å². The van der Waals surface area contributed by atoms with Crippen molar-refractivity contribution >= 4 is 5.91 Å². The first-order chi connectivity index (χ1) is 17.0. The van der Waals surface area contributed by atoms with Crippen LogP contribution in [0.1, 0.15) is 60.2 Å². The third kappa shape index (κ3) is 4.31. The number of benzene rings is 2. The molecule has 2 aromatic carbocycles. The van der Waals surface area contributed by atoms with E-state index < -0.39 is 0 Å². The second-order valence-electron chi connectivity index (χ2n) is 11.2. The molecule has 6 rings (SSSR count). The summed E-state index contributed by atoms with van der Waals surface area (Å²) in [4.78, 5) is 15.8. The number of nitrogens with one attached hydrogen (secondary N) is 2. The Labute approximate surface area is 208 Å². The van der Waals surface area contributed by atoms with E-state index in [1.165, 1.54) is 49.0 Å². The van der Waals surface area contributed by atoms with Crippen molar-refractivity contribution in [1.82, 2.24) is 20.4 Å². The molecule has 2 aliphatic carbocycles. The minimum absolute atomic E-state index is 0.0346. The molecule has 1 amide bonds. The molecule has 2 N–H and O–H groups in total. The summed E-state index contributed by atoms with van der Waals surface area (Å²) in [7, 11) is 0. The summed E-state index contributed by atoms with van der Waals surface area (Å²) in [5.41, 5.74) is 7.26. The minimum Gasteiger partial charge on any atom is -0.352 e. The number of fused-ring (bicyclic) bond motifs is 4. The van der Waals surface area contributed by atoms with E-state index in [9.17, 15) is 4.79 Å². The van der Waals surface area contributed by atoms with Gasteiger partial charge in [0.05, 0.1) is 6.20 Å². The maximum atomic E-state index is 13.0. The van der Waals surface area contributed by atoms with Crippen LogP contribution in [-0.2, 0) is 18.3 Å². The smallest absolute Gasteiger partial charge is 0.251 e. The van der Waals surface area contributed by atoms with Crippen LogP contribution in [0.2, 0.25) is 0 Å². The number of carbonyl (C=O) groups excluding carboxylic acids is 1. The summed E-state index contributed by atoms with van der Waals surface area (Å²) < 4.78 is 0. The van der Waals surface area contributed by atoms with Crippen LogP contribution in [0.25, 0.3) is 11.1 Å². The number of amides is 1. The Kier molecular flexibility index (Phi) is 5.76. The molecule has 0 radical (unpaired) electrons. The van der Waals surface area contributed by atoms with Gasteiger partial charge in [0, 0.05) is 36.5 Å². The molecule has 1 saturated heterocycles. The Bertz CT molecular complexity index is 1200. The van der Waals surface area contributed by atoms with Crippen molar-refractivity contribution in [3.05, 3.63) is 77.1 Å². The third-order valence-electron chi connectivity index (χ3n) is 9.06. The van der Waals surface area contributed by atoms with Crippen molar-refractivity contribution in [2.75, 3.05) is 19.6 Å². The zero-order valence-electron chi connectivity index (χ0n) is 20.9. The number of aromatic amines is 1. The van der Waals surface area contributed by atoms with Gasteiger partial charge in [-0.1, -0.05) is 44.2 Å². The van der Waals surface area contributed by atoms with Gasteiger partial charge in [0.1, 0.15) is 0 Å². The van der Waals surface area contributed by atoms with Crippen LogP contribution in [0, 0.1) is 11.8 Å². The van der Waals surface area contributed by atoms with E-state index in [0.717, 1.165) is 35.4 Å². The number of rotatable bonds is 7. The van der Waals surface area contributed by atoms with Crippen molar-refractivity contribution in [3.8, 4) is 11.1 Å². The highest BCUT2D eigenvalue weighted by molar-refractivity contribution is 5.94. The molecular weight excluding hydrogens is 432 g/mol. The fraction of sp³-hybridized carbons (Fsp3) is 0.467. The number of H-pyrrole nitrogens is 1. The van der Waals surface area contributed by atoms with E-state index in [2.05, 4.69) is 70.7 Å². The number of piperidine rings is 1. The Morgan fingerprint density at radius 1 is 1.17 bits per heavy atom. The summed E-state index contributed by atoms with van der Waals surface area (Å²) in [5, 5.41) is 10.0. The summed E-state index contributed by atoms with van der Waals surface area (Å²) >= 11 is 0. The van der Waals surface area contributed by atoms with Gasteiger partial charge in [0.2, 0.25) is 0 Å². The highest BCUT2D eigenvalue weighted by Gasteiger charge is 2.49. The average Bonchev–Trinajstić information content (AvgIpc) is 3.52. The minimum atomic E-state index is 0.0346. The molecule has 2 heterocycles. The van der Waals surface area contributed by atoms with Crippen LogP contribution >= 0.6 is 0 Å². The van der Waals surface area contributed by atoms with Crippen LogP contribution in [0.5, 0.6) is 0 Å². The molecule has 2 fully saturated rings. The lowest BCUT2D eigenvalue weighted by Crippen LogP contribution is -2.58. The molecular formula is C30H36N4O. The predicted octanol–water partition coefficient (Wildman–Crippen LogP) is 4.98.